The molecule has 0 amide bonds. The second-order valence-electron chi connectivity index (χ2n) is 6.35. The molecule has 3 aromatic rings. The molecule has 0 atom stereocenters. The number of aryl methyl sites for hydroxylation is 1. The Bertz CT molecular complexity index is 1240. The fourth-order valence-electron chi connectivity index (χ4n) is 3.00. The van der Waals surface area contributed by atoms with Gasteiger partial charge in [-0.05, 0) is 43.2 Å². The number of H-pyrrole nitrogens is 1. The van der Waals surface area contributed by atoms with Crippen LogP contribution in [0, 0.1) is 6.92 Å². The molecule has 2 aromatic carbocycles. The van der Waals surface area contributed by atoms with Crippen molar-refractivity contribution < 1.29 is 15.0 Å². The van der Waals surface area contributed by atoms with Crippen LogP contribution in [0.25, 0.3) is 5.69 Å². The lowest BCUT2D eigenvalue weighted by Gasteiger charge is -2.14. The van der Waals surface area contributed by atoms with Crippen LogP contribution < -0.4 is 11.2 Å². The fourth-order valence-corrected chi connectivity index (χ4v) is 3.00. The summed E-state index contributed by atoms with van der Waals surface area (Å²) in [5.41, 5.74) is 0.0488. The SMILES string of the molecule is CCC(=Nc1cccc(C(=O)O)c1)c1c(O)n(-c2ccccc2C)c(=O)[nH]c1=O. The molecule has 0 aliphatic heterocycles. The molecule has 0 radical (unpaired) electrons. The molecule has 0 aliphatic carbocycles. The van der Waals surface area contributed by atoms with Gasteiger partial charge in [0, 0.05) is 0 Å². The van der Waals surface area contributed by atoms with Gasteiger partial charge in [-0.3, -0.25) is 14.8 Å². The van der Waals surface area contributed by atoms with E-state index in [4.69, 9.17) is 5.11 Å². The maximum absolute atomic E-state index is 12.5. The molecule has 1 aromatic heterocycles. The number of carbonyl (C=O) groups is 1. The monoisotopic (exact) mass is 393 g/mol. The first-order valence-corrected chi connectivity index (χ1v) is 8.89. The van der Waals surface area contributed by atoms with Crippen molar-refractivity contribution >= 4 is 17.4 Å². The summed E-state index contributed by atoms with van der Waals surface area (Å²) in [6.45, 7) is 3.51. The summed E-state index contributed by atoms with van der Waals surface area (Å²) in [6, 6.07) is 12.8. The van der Waals surface area contributed by atoms with E-state index in [9.17, 15) is 19.5 Å². The maximum atomic E-state index is 12.5. The van der Waals surface area contributed by atoms with E-state index in [0.717, 1.165) is 10.1 Å². The summed E-state index contributed by atoms with van der Waals surface area (Å²) < 4.78 is 1.02. The molecular formula is C21H19N3O5. The van der Waals surface area contributed by atoms with E-state index >= 15 is 0 Å². The third kappa shape index (κ3) is 3.86. The Hall–Kier alpha value is -3.94. The van der Waals surface area contributed by atoms with Crippen molar-refractivity contribution in [3.05, 3.63) is 86.1 Å². The second kappa shape index (κ2) is 7.97. The molecule has 0 saturated heterocycles. The number of aromatic nitrogens is 2. The number of nitrogens with one attached hydrogen (secondary N) is 1. The number of carboxylic acids is 1. The van der Waals surface area contributed by atoms with Crippen molar-refractivity contribution in [3.63, 3.8) is 0 Å². The number of hydrogen-bond donors (Lipinski definition) is 3. The highest BCUT2D eigenvalue weighted by Crippen LogP contribution is 2.23. The molecule has 3 rings (SSSR count). The number of aromatic carboxylic acids is 1. The lowest BCUT2D eigenvalue weighted by Crippen LogP contribution is -2.33. The molecule has 8 heteroatoms. The largest absolute Gasteiger partial charge is 0.493 e. The van der Waals surface area contributed by atoms with Crippen LogP contribution in [0.3, 0.4) is 0 Å². The molecular weight excluding hydrogens is 374 g/mol. The van der Waals surface area contributed by atoms with Crippen LogP contribution in [0.15, 0.2) is 63.1 Å². The van der Waals surface area contributed by atoms with Gasteiger partial charge >= 0.3 is 11.7 Å². The molecule has 0 spiro atoms. The minimum Gasteiger partial charge on any atom is -0.493 e. The summed E-state index contributed by atoms with van der Waals surface area (Å²) in [6.07, 6.45) is 0.264. The van der Waals surface area contributed by atoms with Gasteiger partial charge in [-0.1, -0.05) is 31.2 Å². The topological polar surface area (TPSA) is 125 Å². The first-order chi connectivity index (χ1) is 13.8. The van der Waals surface area contributed by atoms with Crippen molar-refractivity contribution in [1.82, 2.24) is 9.55 Å². The van der Waals surface area contributed by atoms with Crippen LogP contribution in [0.2, 0.25) is 0 Å². The molecule has 148 valence electrons. The van der Waals surface area contributed by atoms with Gasteiger partial charge in [-0.15, -0.1) is 0 Å². The quantitative estimate of drug-likeness (QED) is 0.575. The minimum atomic E-state index is -1.10. The number of para-hydroxylation sites is 1. The highest BCUT2D eigenvalue weighted by Gasteiger charge is 2.20. The van der Waals surface area contributed by atoms with Crippen LogP contribution in [-0.2, 0) is 0 Å². The van der Waals surface area contributed by atoms with E-state index in [1.54, 1.807) is 44.2 Å². The highest BCUT2D eigenvalue weighted by molar-refractivity contribution is 6.03. The van der Waals surface area contributed by atoms with Crippen molar-refractivity contribution in [1.29, 1.82) is 0 Å². The Morgan fingerprint density at radius 3 is 2.52 bits per heavy atom. The molecule has 8 nitrogen and oxygen atoms in total. The predicted octanol–water partition coefficient (Wildman–Crippen LogP) is 2.77. The Morgan fingerprint density at radius 2 is 1.86 bits per heavy atom. The van der Waals surface area contributed by atoms with Crippen molar-refractivity contribution in [2.45, 2.75) is 20.3 Å². The minimum absolute atomic E-state index is 0.0460. The summed E-state index contributed by atoms with van der Waals surface area (Å²) in [7, 11) is 0. The zero-order valence-electron chi connectivity index (χ0n) is 15.8. The number of aromatic hydroxyl groups is 1. The van der Waals surface area contributed by atoms with Crippen molar-refractivity contribution in [2.75, 3.05) is 0 Å². The van der Waals surface area contributed by atoms with E-state index in [0.29, 0.717) is 11.4 Å². The summed E-state index contributed by atoms with van der Waals surface area (Å²) in [4.78, 5) is 42.6. The van der Waals surface area contributed by atoms with Gasteiger partial charge in [0.2, 0.25) is 5.88 Å². The van der Waals surface area contributed by atoms with Crippen molar-refractivity contribution in [2.24, 2.45) is 4.99 Å². The fraction of sp³-hybridized carbons (Fsp3) is 0.143. The highest BCUT2D eigenvalue weighted by atomic mass is 16.4. The van der Waals surface area contributed by atoms with E-state index < -0.39 is 23.1 Å². The second-order valence-corrected chi connectivity index (χ2v) is 6.35. The molecule has 0 fully saturated rings. The summed E-state index contributed by atoms with van der Waals surface area (Å²) in [5, 5.41) is 20.0. The van der Waals surface area contributed by atoms with Gasteiger partial charge in [0.1, 0.15) is 5.56 Å². The zero-order chi connectivity index (χ0) is 21.1. The molecule has 0 unspecified atom stereocenters. The molecule has 29 heavy (non-hydrogen) atoms. The van der Waals surface area contributed by atoms with Crippen LogP contribution in [0.5, 0.6) is 5.88 Å². The average Bonchev–Trinajstić information content (AvgIpc) is 2.68. The van der Waals surface area contributed by atoms with Crippen LogP contribution in [0.4, 0.5) is 5.69 Å². The van der Waals surface area contributed by atoms with E-state index in [-0.39, 0.29) is 23.3 Å². The van der Waals surface area contributed by atoms with Gasteiger partial charge in [-0.25, -0.2) is 14.2 Å². The van der Waals surface area contributed by atoms with Crippen LogP contribution in [-0.4, -0.2) is 31.4 Å². The van der Waals surface area contributed by atoms with E-state index in [1.165, 1.54) is 18.2 Å². The maximum Gasteiger partial charge on any atom is 0.335 e. The van der Waals surface area contributed by atoms with E-state index in [2.05, 4.69) is 9.98 Å². The Morgan fingerprint density at radius 1 is 1.14 bits per heavy atom. The van der Waals surface area contributed by atoms with Gasteiger partial charge in [0.25, 0.3) is 5.56 Å². The van der Waals surface area contributed by atoms with Gasteiger partial charge in [-0.2, -0.15) is 0 Å². The number of hydrogen-bond acceptors (Lipinski definition) is 5. The van der Waals surface area contributed by atoms with Gasteiger partial charge in [0.15, 0.2) is 0 Å². The number of aliphatic imine (C=N–C) groups is 1. The lowest BCUT2D eigenvalue weighted by molar-refractivity contribution is 0.0697. The molecule has 1 heterocycles. The van der Waals surface area contributed by atoms with Crippen LogP contribution >= 0.6 is 0 Å². The third-order valence-corrected chi connectivity index (χ3v) is 4.42. The number of rotatable bonds is 5. The number of benzene rings is 2. The number of aromatic amines is 1. The number of nitrogens with zero attached hydrogens (tertiary/aromatic N) is 2. The third-order valence-electron chi connectivity index (χ3n) is 4.42. The van der Waals surface area contributed by atoms with Crippen molar-refractivity contribution in [3.8, 4) is 11.6 Å². The first-order valence-electron chi connectivity index (χ1n) is 8.89. The zero-order valence-corrected chi connectivity index (χ0v) is 15.8. The van der Waals surface area contributed by atoms with E-state index in [1.807, 2.05) is 0 Å². The van der Waals surface area contributed by atoms with Crippen LogP contribution in [0.1, 0.15) is 34.8 Å². The summed E-state index contributed by atoms with van der Waals surface area (Å²) in [5.74, 6) is -1.63. The Kier molecular flexibility index (Phi) is 5.45. The first kappa shape index (κ1) is 19.8. The average molecular weight is 393 g/mol. The van der Waals surface area contributed by atoms with Gasteiger partial charge in [0.05, 0.1) is 22.6 Å². The lowest BCUT2D eigenvalue weighted by atomic mass is 10.1. The normalized spacial score (nSPS) is 11.4. The molecule has 0 bridgehead atoms. The Balaban J connectivity index is 2.24. The smallest absolute Gasteiger partial charge is 0.335 e. The van der Waals surface area contributed by atoms with Gasteiger partial charge < -0.3 is 10.2 Å². The Labute approximate surface area is 165 Å². The summed E-state index contributed by atoms with van der Waals surface area (Å²) >= 11 is 0. The molecule has 3 N–H and O–H groups in total. The molecule has 0 saturated carbocycles. The number of carboxylic acid groups (broad SMARTS) is 1. The predicted molar refractivity (Wildman–Crippen MR) is 109 cm³/mol. The standard InChI is InChI=1S/C21H19N3O5/c1-3-15(22-14-9-6-8-13(11-14)20(27)28)17-18(25)23-21(29)24(19(17)26)16-10-5-4-7-12(16)2/h4-11,26H,3H2,1-2H3,(H,27,28)(H,23,25,29). The molecule has 0 aliphatic rings.